The van der Waals surface area contributed by atoms with Crippen LogP contribution < -0.4 is 10.8 Å². The molecule has 0 aliphatic rings. The molecule has 2 aromatic heterocycles. The van der Waals surface area contributed by atoms with E-state index in [0.29, 0.717) is 23.6 Å². The average Bonchev–Trinajstić information content (AvgIpc) is 3.26. The Labute approximate surface area is 228 Å². The van der Waals surface area contributed by atoms with Crippen LogP contribution in [-0.2, 0) is 39.4 Å². The molecule has 39 heavy (non-hydrogen) atoms. The van der Waals surface area contributed by atoms with Crippen molar-refractivity contribution in [3.05, 3.63) is 12.7 Å². The molecule has 0 radical (unpaired) electrons. The molecule has 2 unspecified atom stereocenters. The zero-order chi connectivity index (χ0) is 29.0. The highest BCUT2D eigenvalue weighted by Gasteiger charge is 2.31. The van der Waals surface area contributed by atoms with Gasteiger partial charge in [-0.15, -0.1) is 0 Å². The maximum atomic E-state index is 13.6. The lowest BCUT2D eigenvalue weighted by molar-refractivity contribution is -0.145. The normalized spacial score (nSPS) is 15.5. The number of nitrogens with one attached hydrogen (secondary N) is 1. The van der Waals surface area contributed by atoms with E-state index >= 15 is 0 Å². The number of anilines is 1. The summed E-state index contributed by atoms with van der Waals surface area (Å²) in [5.41, 5.74) is 6.82. The molecule has 0 aliphatic carbocycles. The molecule has 14 nitrogen and oxygen atoms in total. The van der Waals surface area contributed by atoms with E-state index in [1.165, 1.54) is 13.3 Å². The summed E-state index contributed by atoms with van der Waals surface area (Å²) in [7, 11) is -3.86. The molecular weight excluding hydrogens is 531 g/mol. The highest BCUT2D eigenvalue weighted by Crippen LogP contribution is 2.43. The molecule has 0 amide bonds. The molecule has 0 aromatic carbocycles. The first kappa shape index (κ1) is 32.4. The topological polar surface area (TPSA) is 179 Å². The van der Waals surface area contributed by atoms with Crippen LogP contribution in [0, 0.1) is 5.92 Å². The lowest BCUT2D eigenvalue weighted by Crippen LogP contribution is -2.36. The van der Waals surface area contributed by atoms with Crippen LogP contribution in [0.1, 0.15) is 60.8 Å². The first-order chi connectivity index (χ1) is 18.4. The molecule has 0 spiro atoms. The second-order valence-corrected chi connectivity index (χ2v) is 11.7. The zero-order valence-electron chi connectivity index (χ0n) is 23.5. The molecule has 220 valence electrons. The maximum Gasteiger partial charge on any atom is 0.510 e. The number of imidazole rings is 1. The van der Waals surface area contributed by atoms with Gasteiger partial charge in [0.05, 0.1) is 31.7 Å². The lowest BCUT2D eigenvalue weighted by Gasteiger charge is -2.24. The van der Waals surface area contributed by atoms with E-state index in [9.17, 15) is 14.2 Å². The van der Waals surface area contributed by atoms with Crippen LogP contribution in [0.4, 0.5) is 10.6 Å². The fraction of sp³-hybridized carbons (Fsp3) is 0.708. The number of nitrogens with two attached hydrogens (primary N) is 1. The van der Waals surface area contributed by atoms with Gasteiger partial charge in [0, 0.05) is 0 Å². The van der Waals surface area contributed by atoms with Crippen molar-refractivity contribution < 1.29 is 37.6 Å². The Morgan fingerprint density at radius 2 is 1.85 bits per heavy atom. The second-order valence-electron chi connectivity index (χ2n) is 9.62. The number of fused-ring (bicyclic) bond motifs is 1. The average molecular weight is 573 g/mol. The molecule has 0 saturated carbocycles. The quantitative estimate of drug-likeness (QED) is 0.159. The SMILES string of the molecule is CCCC(C)CCOC(=O)[C@H](C)NP(=O)(CO[C@H](C)Cn1cnc2c(N)ncnc21)OCOC(=O)OC(C)C. The van der Waals surface area contributed by atoms with Gasteiger partial charge in [-0.25, -0.2) is 24.8 Å². The third kappa shape index (κ3) is 11.1. The van der Waals surface area contributed by atoms with Crippen molar-refractivity contribution in [1.29, 1.82) is 0 Å². The van der Waals surface area contributed by atoms with E-state index < -0.39 is 51.0 Å². The number of hydrogen-bond donors (Lipinski definition) is 2. The third-order valence-corrected chi connectivity index (χ3v) is 7.35. The number of aromatic nitrogens is 4. The van der Waals surface area contributed by atoms with E-state index in [4.69, 9.17) is 29.2 Å². The van der Waals surface area contributed by atoms with E-state index in [1.54, 1.807) is 31.7 Å². The molecular formula is C24H41N6O8P. The Morgan fingerprint density at radius 3 is 2.54 bits per heavy atom. The summed E-state index contributed by atoms with van der Waals surface area (Å²) in [5.74, 6) is 0.0950. The van der Waals surface area contributed by atoms with Crippen LogP contribution in [0.25, 0.3) is 11.2 Å². The number of carbonyl (C=O) groups is 2. The Bertz CT molecular complexity index is 1110. The molecule has 0 aliphatic heterocycles. The fourth-order valence-corrected chi connectivity index (χ4v) is 5.15. The Kier molecular flexibility index (Phi) is 13.1. The number of ether oxygens (including phenoxy) is 4. The van der Waals surface area contributed by atoms with Gasteiger partial charge < -0.3 is 29.2 Å². The fourth-order valence-electron chi connectivity index (χ4n) is 3.56. The van der Waals surface area contributed by atoms with E-state index in [0.717, 1.165) is 19.3 Å². The zero-order valence-corrected chi connectivity index (χ0v) is 24.4. The predicted molar refractivity (Wildman–Crippen MR) is 144 cm³/mol. The van der Waals surface area contributed by atoms with Crippen LogP contribution in [0.3, 0.4) is 0 Å². The van der Waals surface area contributed by atoms with Crippen molar-refractivity contribution in [3.8, 4) is 0 Å². The van der Waals surface area contributed by atoms with Crippen LogP contribution in [-0.4, -0.2) is 69.6 Å². The van der Waals surface area contributed by atoms with E-state index in [1.807, 2.05) is 0 Å². The van der Waals surface area contributed by atoms with Gasteiger partial charge in [-0.2, -0.15) is 0 Å². The lowest BCUT2D eigenvalue weighted by atomic mass is 10.0. The molecule has 0 saturated heterocycles. The number of rotatable bonds is 17. The molecule has 4 atom stereocenters. The Hall–Kier alpha value is -2.80. The summed E-state index contributed by atoms with van der Waals surface area (Å²) >= 11 is 0. The van der Waals surface area contributed by atoms with Gasteiger partial charge in [-0.1, -0.05) is 26.7 Å². The first-order valence-corrected chi connectivity index (χ1v) is 14.8. The minimum atomic E-state index is -3.86. The number of esters is 1. The number of carbonyl (C=O) groups excluding carboxylic acids is 2. The predicted octanol–water partition coefficient (Wildman–Crippen LogP) is 3.85. The Morgan fingerprint density at radius 1 is 1.10 bits per heavy atom. The molecule has 0 bridgehead atoms. The van der Waals surface area contributed by atoms with Crippen LogP contribution in [0.5, 0.6) is 0 Å². The summed E-state index contributed by atoms with van der Waals surface area (Å²) in [4.78, 5) is 36.6. The van der Waals surface area contributed by atoms with Gasteiger partial charge in [-0.05, 0) is 40.0 Å². The number of hydrogen-bond acceptors (Lipinski definition) is 12. The Balaban J connectivity index is 1.99. The van der Waals surface area contributed by atoms with Crippen molar-refractivity contribution in [2.45, 2.75) is 85.6 Å². The van der Waals surface area contributed by atoms with E-state index in [2.05, 4.69) is 33.9 Å². The van der Waals surface area contributed by atoms with E-state index in [-0.39, 0.29) is 12.4 Å². The third-order valence-electron chi connectivity index (χ3n) is 5.56. The molecule has 2 heterocycles. The second kappa shape index (κ2) is 15.7. The number of nitrogen functional groups attached to an aromatic ring is 1. The smallest absolute Gasteiger partial charge is 0.465 e. The summed E-state index contributed by atoms with van der Waals surface area (Å²) in [5, 5.41) is 2.67. The minimum Gasteiger partial charge on any atom is -0.465 e. The molecule has 2 rings (SSSR count). The van der Waals surface area contributed by atoms with Crippen LogP contribution >= 0.6 is 7.52 Å². The van der Waals surface area contributed by atoms with Crippen molar-refractivity contribution in [2.24, 2.45) is 5.92 Å². The summed E-state index contributed by atoms with van der Waals surface area (Å²) in [6, 6.07) is -0.976. The first-order valence-electron chi connectivity index (χ1n) is 13.0. The van der Waals surface area contributed by atoms with Crippen molar-refractivity contribution in [3.63, 3.8) is 0 Å². The summed E-state index contributed by atoms with van der Waals surface area (Å²) in [6.07, 6.45) is 3.43. The molecule has 0 fully saturated rings. The number of nitrogens with zero attached hydrogens (tertiary/aromatic N) is 4. The van der Waals surface area contributed by atoms with Crippen molar-refractivity contribution in [2.75, 3.05) is 25.5 Å². The maximum absolute atomic E-state index is 13.6. The summed E-state index contributed by atoms with van der Waals surface area (Å²) < 4.78 is 41.6. The van der Waals surface area contributed by atoms with Crippen molar-refractivity contribution in [1.82, 2.24) is 24.6 Å². The van der Waals surface area contributed by atoms with Gasteiger partial charge in [0.25, 0.3) is 7.52 Å². The monoisotopic (exact) mass is 572 g/mol. The van der Waals surface area contributed by atoms with Gasteiger partial charge >= 0.3 is 12.1 Å². The highest BCUT2D eigenvalue weighted by atomic mass is 31.2. The minimum absolute atomic E-state index is 0.252. The van der Waals surface area contributed by atoms with Gasteiger partial charge in [-0.3, -0.25) is 13.9 Å². The highest BCUT2D eigenvalue weighted by molar-refractivity contribution is 7.56. The molecule has 15 heteroatoms. The molecule has 2 aromatic rings. The summed E-state index contributed by atoms with van der Waals surface area (Å²) in [6.45, 7) is 10.7. The van der Waals surface area contributed by atoms with Crippen LogP contribution in [0.2, 0.25) is 0 Å². The molecule has 3 N–H and O–H groups in total. The van der Waals surface area contributed by atoms with Gasteiger partial charge in [0.1, 0.15) is 24.2 Å². The largest absolute Gasteiger partial charge is 0.510 e. The van der Waals surface area contributed by atoms with Gasteiger partial charge in [0.15, 0.2) is 11.5 Å². The van der Waals surface area contributed by atoms with Crippen molar-refractivity contribution >= 4 is 36.6 Å². The van der Waals surface area contributed by atoms with Crippen LogP contribution in [0.15, 0.2) is 12.7 Å². The van der Waals surface area contributed by atoms with Gasteiger partial charge in [0.2, 0.25) is 6.79 Å². The standard InChI is InChI=1S/C24H41N6O8P/c1-7-8-17(4)9-10-34-23(31)19(6)29-39(33,37-14-35-24(32)38-16(2)3)15-36-18(5)11-30-13-28-20-21(25)26-12-27-22(20)30/h12-13,16-19H,7-11,14-15H2,1-6H3,(H,29,33)(H2,25,26,27)/t17?,18-,19+,39?/m1/s1.